The first-order valence-electron chi connectivity index (χ1n) is 9.32. The van der Waals surface area contributed by atoms with Gasteiger partial charge in [-0.2, -0.15) is 0 Å². The van der Waals surface area contributed by atoms with E-state index in [1.165, 1.54) is 20.1 Å². The van der Waals surface area contributed by atoms with Crippen molar-refractivity contribution in [2.24, 2.45) is 23.7 Å². The standard InChI is InChI=1S/2C9H11.C2H7Si.2ClH.Zr/c2*1-2-5-9-7-3-6-8(9)4-1;1-3-2;;;/h2*1-2,4-6,8-9H,3,7H2;3H,1-2H3;2*1H;. The minimum absolute atomic E-state index is 0. The van der Waals surface area contributed by atoms with Crippen molar-refractivity contribution in [2.45, 2.75) is 46.0 Å². The zero-order valence-corrected chi connectivity index (χ0v) is 20.1. The van der Waals surface area contributed by atoms with Gasteiger partial charge in [-0.25, -0.2) is 0 Å². The molecule has 4 heteroatoms. The van der Waals surface area contributed by atoms with Crippen LogP contribution < -0.4 is 0 Å². The van der Waals surface area contributed by atoms with Gasteiger partial charge in [0.1, 0.15) is 0 Å². The molecule has 133 valence electrons. The van der Waals surface area contributed by atoms with Crippen LogP contribution in [0.25, 0.3) is 0 Å². The summed E-state index contributed by atoms with van der Waals surface area (Å²) >= 11 is -1.33. The maximum atomic E-state index is 2.71. The van der Waals surface area contributed by atoms with Gasteiger partial charge in [-0.3, -0.25) is 0 Å². The van der Waals surface area contributed by atoms with Gasteiger partial charge < -0.3 is 0 Å². The number of hydrogen-bond acceptors (Lipinski definition) is 0. The molecule has 0 aromatic rings. The van der Waals surface area contributed by atoms with Crippen LogP contribution in [-0.4, -0.2) is 5.92 Å². The fraction of sp³-hybridized carbons (Fsp3) is 0.600. The van der Waals surface area contributed by atoms with Crippen molar-refractivity contribution in [1.82, 2.24) is 0 Å². The molecule has 0 saturated heterocycles. The predicted molar refractivity (Wildman–Crippen MR) is 110 cm³/mol. The van der Waals surface area contributed by atoms with Crippen molar-refractivity contribution >= 4 is 30.7 Å². The van der Waals surface area contributed by atoms with Crippen molar-refractivity contribution in [1.29, 1.82) is 0 Å². The summed E-state index contributed by atoms with van der Waals surface area (Å²) in [6.07, 6.45) is 25.7. The molecular formula is C20H31Cl2SiZr. The summed E-state index contributed by atoms with van der Waals surface area (Å²) in [4.78, 5) is 0. The van der Waals surface area contributed by atoms with Crippen LogP contribution >= 0.6 is 24.8 Å². The molecular weight excluding hydrogens is 430 g/mol. The maximum absolute atomic E-state index is 2.71. The first-order valence-corrected chi connectivity index (χ1v) is 19.3. The molecule has 2 saturated carbocycles. The zero-order chi connectivity index (χ0) is 15.1. The molecule has 0 nitrogen and oxygen atoms in total. The second-order valence-corrected chi connectivity index (χ2v) is 28.9. The third-order valence-electron chi connectivity index (χ3n) is 6.67. The summed E-state index contributed by atoms with van der Waals surface area (Å²) in [7, 11) is 0. The molecule has 0 heterocycles. The number of allylic oxidation sites excluding steroid dienone is 8. The van der Waals surface area contributed by atoms with E-state index < -0.39 is 26.8 Å². The van der Waals surface area contributed by atoms with Crippen LogP contribution in [0, 0.1) is 23.7 Å². The molecule has 0 bridgehead atoms. The Morgan fingerprint density at radius 2 is 1.08 bits per heavy atom. The van der Waals surface area contributed by atoms with E-state index >= 15 is 0 Å². The van der Waals surface area contributed by atoms with E-state index in [1.54, 1.807) is 12.8 Å². The smallest absolute Gasteiger partial charge is 0.147 e. The molecule has 24 heavy (non-hydrogen) atoms. The van der Waals surface area contributed by atoms with Gasteiger partial charge in [-0.1, -0.05) is 0 Å². The Balaban J connectivity index is 0.00000104. The minimum atomic E-state index is -1.33. The Morgan fingerprint density at radius 3 is 1.50 bits per heavy atom. The van der Waals surface area contributed by atoms with E-state index in [0.717, 1.165) is 23.7 Å². The van der Waals surface area contributed by atoms with Gasteiger partial charge in [0, 0.05) is 0 Å². The first-order chi connectivity index (χ1) is 10.8. The van der Waals surface area contributed by atoms with E-state index in [0.29, 0.717) is 0 Å². The van der Waals surface area contributed by atoms with Crippen molar-refractivity contribution in [2.75, 3.05) is 0 Å². The van der Waals surface area contributed by atoms with Crippen LogP contribution in [0.4, 0.5) is 0 Å². The Morgan fingerprint density at radius 1 is 0.667 bits per heavy atom. The van der Waals surface area contributed by atoms with E-state index in [9.17, 15) is 0 Å². The summed E-state index contributed by atoms with van der Waals surface area (Å²) in [6, 6.07) is 0. The quantitative estimate of drug-likeness (QED) is 0.432. The molecule has 6 atom stereocenters. The summed E-state index contributed by atoms with van der Waals surface area (Å²) in [5.74, 6) is 3.24. The van der Waals surface area contributed by atoms with Crippen molar-refractivity contribution in [3.05, 3.63) is 48.6 Å². The van der Waals surface area contributed by atoms with Gasteiger partial charge >= 0.3 is 145 Å². The molecule has 0 spiro atoms. The molecule has 0 N–H and O–H groups in total. The predicted octanol–water partition coefficient (Wildman–Crippen LogP) is 6.31. The second kappa shape index (κ2) is 9.03. The molecule has 4 aliphatic rings. The number of fused-ring (bicyclic) bond motifs is 2. The number of halogens is 2. The van der Waals surface area contributed by atoms with Crippen LogP contribution in [0.3, 0.4) is 0 Å². The van der Waals surface area contributed by atoms with Gasteiger partial charge in [-0.05, 0) is 0 Å². The molecule has 2 fully saturated rings. The van der Waals surface area contributed by atoms with Gasteiger partial charge in [0.05, 0.1) is 0 Å². The third-order valence-corrected chi connectivity index (χ3v) is 30.4. The number of rotatable bonds is 3. The molecule has 0 amide bonds. The molecule has 0 aliphatic heterocycles. The molecule has 0 aromatic carbocycles. The van der Waals surface area contributed by atoms with E-state index in [1.807, 2.05) is 0 Å². The third kappa shape index (κ3) is 3.83. The molecule has 4 rings (SSSR count). The van der Waals surface area contributed by atoms with Crippen LogP contribution in [-0.2, 0) is 20.9 Å². The average molecular weight is 462 g/mol. The Kier molecular flexibility index (Phi) is 7.88. The Bertz CT molecular complexity index is 496. The van der Waals surface area contributed by atoms with Crippen LogP contribution in [0.5, 0.6) is 0 Å². The largest absolute Gasteiger partial charge is 0.147 e. The summed E-state index contributed by atoms with van der Waals surface area (Å²) in [5, 5.41) is 0. The fourth-order valence-corrected chi connectivity index (χ4v) is 32.5. The monoisotopic (exact) mass is 459 g/mol. The number of hydrogen-bond donors (Lipinski definition) is 0. The van der Waals surface area contributed by atoms with Crippen LogP contribution in [0.1, 0.15) is 25.7 Å². The van der Waals surface area contributed by atoms with E-state index in [4.69, 9.17) is 0 Å². The normalized spacial score (nSPS) is 38.5. The van der Waals surface area contributed by atoms with Gasteiger partial charge in [0.2, 0.25) is 0 Å². The van der Waals surface area contributed by atoms with Crippen LogP contribution in [0.2, 0.25) is 20.3 Å². The topological polar surface area (TPSA) is 0 Å². The van der Waals surface area contributed by atoms with Crippen LogP contribution in [0.15, 0.2) is 48.6 Å². The van der Waals surface area contributed by atoms with E-state index in [2.05, 4.69) is 61.7 Å². The van der Waals surface area contributed by atoms with Gasteiger partial charge in [-0.15, -0.1) is 24.8 Å². The van der Waals surface area contributed by atoms with Crippen molar-refractivity contribution in [3.63, 3.8) is 0 Å². The van der Waals surface area contributed by atoms with E-state index in [-0.39, 0.29) is 24.8 Å². The minimum Gasteiger partial charge on any atom is -0.147 e. The molecule has 6 unspecified atom stereocenters. The van der Waals surface area contributed by atoms with Crippen molar-refractivity contribution in [3.8, 4) is 0 Å². The summed E-state index contributed by atoms with van der Waals surface area (Å²) in [6.45, 7) is 5.42. The fourth-order valence-electron chi connectivity index (χ4n) is 5.82. The van der Waals surface area contributed by atoms with Crippen molar-refractivity contribution < 1.29 is 20.9 Å². The molecule has 0 aromatic heterocycles. The summed E-state index contributed by atoms with van der Waals surface area (Å²) < 4.78 is 2.34. The Labute approximate surface area is 169 Å². The van der Waals surface area contributed by atoms with Gasteiger partial charge in [0.25, 0.3) is 0 Å². The second-order valence-electron chi connectivity index (χ2n) is 8.04. The SMILES string of the molecule is C[SiH](C)[Zr]([CH]1CCC2C=CC=CC21)[CH]1CCC2C=CC=CC21.Cl.Cl. The molecule has 4 aliphatic carbocycles. The van der Waals surface area contributed by atoms with Gasteiger partial charge in [0.15, 0.2) is 0 Å². The zero-order valence-electron chi connectivity index (χ0n) is 14.8. The summed E-state index contributed by atoms with van der Waals surface area (Å²) in [5.41, 5.74) is 0. The first kappa shape index (κ1) is 20.9. The maximum Gasteiger partial charge on any atom is -0.147 e. The molecule has 0 radical (unpaired) electrons. The Hall–Kier alpha value is 0.640. The average Bonchev–Trinajstić information content (AvgIpc) is 3.13.